The van der Waals surface area contributed by atoms with Gasteiger partial charge in [0.2, 0.25) is 0 Å². The predicted molar refractivity (Wildman–Crippen MR) is 99.9 cm³/mol. The van der Waals surface area contributed by atoms with Gasteiger partial charge in [0.05, 0.1) is 13.7 Å². The number of benzene rings is 1. The fraction of sp³-hybridized carbons (Fsp3) is 0.500. The van der Waals surface area contributed by atoms with Crippen molar-refractivity contribution < 1.29 is 4.74 Å². The number of guanidine groups is 1. The summed E-state index contributed by atoms with van der Waals surface area (Å²) >= 11 is 0. The normalized spacial score (nSPS) is 12.8. The van der Waals surface area contributed by atoms with Crippen LogP contribution in [0.25, 0.3) is 0 Å². The molecule has 0 fully saturated rings. The number of aromatic nitrogens is 3. The second kappa shape index (κ2) is 9.05. The first-order chi connectivity index (χ1) is 12.0. The number of hydrogen-bond donors (Lipinski definition) is 1. The smallest absolute Gasteiger partial charge is 0.193 e. The summed E-state index contributed by atoms with van der Waals surface area (Å²) in [5.74, 6) is 3.10. The lowest BCUT2D eigenvalue weighted by Gasteiger charge is -2.22. The second-order valence-electron chi connectivity index (χ2n) is 6.09. The lowest BCUT2D eigenvalue weighted by molar-refractivity contribution is 0.414. The van der Waals surface area contributed by atoms with Crippen LogP contribution in [0.3, 0.4) is 0 Å². The molecule has 1 atom stereocenters. The Morgan fingerprint density at radius 3 is 2.64 bits per heavy atom. The van der Waals surface area contributed by atoms with Gasteiger partial charge in [-0.3, -0.25) is 9.67 Å². The van der Waals surface area contributed by atoms with E-state index in [0.29, 0.717) is 12.5 Å². The molecule has 0 aliphatic carbocycles. The van der Waals surface area contributed by atoms with Crippen molar-refractivity contribution in [1.29, 1.82) is 0 Å². The zero-order chi connectivity index (χ0) is 18.2. The summed E-state index contributed by atoms with van der Waals surface area (Å²) in [5, 5.41) is 7.51. The highest BCUT2D eigenvalue weighted by Gasteiger charge is 2.11. The van der Waals surface area contributed by atoms with Gasteiger partial charge in [-0.05, 0) is 30.0 Å². The molecule has 0 radical (unpaired) electrons. The summed E-state index contributed by atoms with van der Waals surface area (Å²) in [6, 6.07) is 8.26. The molecule has 0 aliphatic rings. The van der Waals surface area contributed by atoms with Gasteiger partial charge in [-0.1, -0.05) is 19.1 Å². The Kier molecular flexibility index (Phi) is 6.80. The van der Waals surface area contributed by atoms with Crippen molar-refractivity contribution in [2.75, 3.05) is 27.7 Å². The van der Waals surface area contributed by atoms with E-state index in [1.54, 1.807) is 25.2 Å². The van der Waals surface area contributed by atoms with E-state index in [4.69, 9.17) is 4.74 Å². The van der Waals surface area contributed by atoms with Crippen molar-refractivity contribution in [3.63, 3.8) is 0 Å². The van der Waals surface area contributed by atoms with Gasteiger partial charge in [0.1, 0.15) is 17.9 Å². The van der Waals surface area contributed by atoms with Gasteiger partial charge in [-0.25, -0.2) is 4.98 Å². The number of hydrogen-bond acceptors (Lipinski definition) is 4. The van der Waals surface area contributed by atoms with Crippen LogP contribution >= 0.6 is 0 Å². The van der Waals surface area contributed by atoms with Crippen molar-refractivity contribution in [3.8, 4) is 5.75 Å². The quantitative estimate of drug-likeness (QED) is 0.615. The molecule has 0 saturated carbocycles. The average Bonchev–Trinajstić information content (AvgIpc) is 3.03. The van der Waals surface area contributed by atoms with Gasteiger partial charge >= 0.3 is 0 Å². The first kappa shape index (κ1) is 18.8. The third-order valence-corrected chi connectivity index (χ3v) is 4.30. The van der Waals surface area contributed by atoms with Crippen molar-refractivity contribution in [2.24, 2.45) is 12.0 Å². The molecule has 0 aliphatic heterocycles. The Hall–Kier alpha value is -2.57. The third kappa shape index (κ3) is 5.20. The van der Waals surface area contributed by atoms with Crippen LogP contribution in [-0.4, -0.2) is 53.4 Å². The minimum absolute atomic E-state index is 0.459. The maximum absolute atomic E-state index is 5.21. The fourth-order valence-electron chi connectivity index (χ4n) is 2.63. The van der Waals surface area contributed by atoms with Gasteiger partial charge in [-0.15, -0.1) is 0 Å². The molecule has 1 heterocycles. The molecule has 0 spiro atoms. The highest BCUT2D eigenvalue weighted by atomic mass is 16.5. The molecule has 1 unspecified atom stereocenters. The molecule has 1 aromatic carbocycles. The van der Waals surface area contributed by atoms with E-state index in [1.807, 2.05) is 31.1 Å². The lowest BCUT2D eigenvalue weighted by Crippen LogP contribution is -2.39. The van der Waals surface area contributed by atoms with Crippen LogP contribution in [0.15, 0.2) is 35.6 Å². The monoisotopic (exact) mass is 344 g/mol. The number of ether oxygens (including phenoxy) is 1. The maximum atomic E-state index is 5.21. The molecule has 2 rings (SSSR count). The Balaban J connectivity index is 1.82. The van der Waals surface area contributed by atoms with Gasteiger partial charge in [-0.2, -0.15) is 5.10 Å². The van der Waals surface area contributed by atoms with Gasteiger partial charge < -0.3 is 15.0 Å². The zero-order valence-electron chi connectivity index (χ0n) is 15.7. The van der Waals surface area contributed by atoms with Crippen LogP contribution in [0.2, 0.25) is 0 Å². The zero-order valence-corrected chi connectivity index (χ0v) is 15.7. The van der Waals surface area contributed by atoms with Crippen LogP contribution < -0.4 is 10.1 Å². The van der Waals surface area contributed by atoms with Crippen LogP contribution in [0.4, 0.5) is 0 Å². The van der Waals surface area contributed by atoms with E-state index >= 15 is 0 Å². The molecule has 7 nitrogen and oxygen atoms in total. The molecule has 7 heteroatoms. The van der Waals surface area contributed by atoms with E-state index < -0.39 is 0 Å². The maximum Gasteiger partial charge on any atom is 0.193 e. The highest BCUT2D eigenvalue weighted by Crippen LogP contribution is 2.21. The minimum Gasteiger partial charge on any atom is -0.497 e. The number of aryl methyl sites for hydroxylation is 1. The molecule has 0 amide bonds. The molecular formula is C18H28N6O. The molecule has 1 N–H and O–H groups in total. The average molecular weight is 344 g/mol. The third-order valence-electron chi connectivity index (χ3n) is 4.30. The second-order valence-corrected chi connectivity index (χ2v) is 6.09. The summed E-state index contributed by atoms with van der Waals surface area (Å²) < 4.78 is 6.98. The molecule has 1 aromatic heterocycles. The minimum atomic E-state index is 0.459. The largest absolute Gasteiger partial charge is 0.497 e. The van der Waals surface area contributed by atoms with E-state index in [0.717, 1.165) is 30.5 Å². The number of methoxy groups -OCH3 is 1. The van der Waals surface area contributed by atoms with Crippen LogP contribution in [0.1, 0.15) is 30.7 Å². The summed E-state index contributed by atoms with van der Waals surface area (Å²) in [7, 11) is 7.37. The summed E-state index contributed by atoms with van der Waals surface area (Å²) in [6.45, 7) is 3.74. The Labute approximate surface area is 149 Å². The summed E-state index contributed by atoms with van der Waals surface area (Å²) in [4.78, 5) is 10.6. The van der Waals surface area contributed by atoms with Crippen LogP contribution in [0, 0.1) is 0 Å². The lowest BCUT2D eigenvalue weighted by atomic mass is 9.98. The van der Waals surface area contributed by atoms with E-state index in [2.05, 4.69) is 39.4 Å². The number of nitrogens with zero attached hydrogens (tertiary/aromatic N) is 5. The number of nitrogens with one attached hydrogen (secondary N) is 1. The SMILES string of the molecule is CN=C(NCCC(C)c1ccc(OC)cc1)N(C)Cc1ncnn1C. The highest BCUT2D eigenvalue weighted by molar-refractivity contribution is 5.79. The summed E-state index contributed by atoms with van der Waals surface area (Å²) in [5.41, 5.74) is 1.31. The van der Waals surface area contributed by atoms with Crippen molar-refractivity contribution in [1.82, 2.24) is 25.0 Å². The van der Waals surface area contributed by atoms with Gasteiger partial charge in [0.25, 0.3) is 0 Å². The molecule has 0 bridgehead atoms. The fourth-order valence-corrected chi connectivity index (χ4v) is 2.63. The number of rotatable bonds is 7. The van der Waals surface area contributed by atoms with Crippen molar-refractivity contribution in [3.05, 3.63) is 42.0 Å². The van der Waals surface area contributed by atoms with E-state index in [-0.39, 0.29) is 0 Å². The number of aliphatic imine (C=N–C) groups is 1. The van der Waals surface area contributed by atoms with Crippen LogP contribution in [0.5, 0.6) is 5.75 Å². The van der Waals surface area contributed by atoms with E-state index in [9.17, 15) is 0 Å². The first-order valence-electron chi connectivity index (χ1n) is 8.43. The topological polar surface area (TPSA) is 67.6 Å². The molecule has 25 heavy (non-hydrogen) atoms. The molecular weight excluding hydrogens is 316 g/mol. The van der Waals surface area contributed by atoms with Crippen molar-refractivity contribution >= 4 is 5.96 Å². The molecule has 0 saturated heterocycles. The Morgan fingerprint density at radius 2 is 2.08 bits per heavy atom. The predicted octanol–water partition coefficient (Wildman–Crippen LogP) is 2.02. The van der Waals surface area contributed by atoms with Crippen molar-refractivity contribution in [2.45, 2.75) is 25.8 Å². The van der Waals surface area contributed by atoms with Crippen LogP contribution in [-0.2, 0) is 13.6 Å². The Bertz CT molecular complexity index is 679. The van der Waals surface area contributed by atoms with Gasteiger partial charge in [0.15, 0.2) is 5.96 Å². The van der Waals surface area contributed by atoms with Gasteiger partial charge in [0, 0.05) is 27.7 Å². The summed E-state index contributed by atoms with van der Waals surface area (Å²) in [6.07, 6.45) is 2.58. The standard InChI is InChI=1S/C18H28N6O/c1-14(15-6-8-16(25-5)9-7-15)10-11-20-18(19-2)23(3)12-17-21-13-22-24(17)4/h6-9,13-14H,10-12H2,1-5H3,(H,19,20). The Morgan fingerprint density at radius 1 is 1.36 bits per heavy atom. The van der Waals surface area contributed by atoms with E-state index in [1.165, 1.54) is 5.56 Å². The molecule has 2 aromatic rings. The first-order valence-corrected chi connectivity index (χ1v) is 8.43. The molecule has 136 valence electrons.